The van der Waals surface area contributed by atoms with Gasteiger partial charge in [-0.2, -0.15) is 0 Å². The first kappa shape index (κ1) is 13.8. The van der Waals surface area contributed by atoms with Gasteiger partial charge in [0.15, 0.2) is 0 Å². The molecule has 1 atom stereocenters. The van der Waals surface area contributed by atoms with E-state index in [4.69, 9.17) is 9.26 Å². The Morgan fingerprint density at radius 1 is 1.28 bits per heavy atom. The molecule has 1 aromatic carbocycles. The van der Waals surface area contributed by atoms with Crippen molar-refractivity contribution in [3.05, 3.63) is 30.3 Å². The highest BCUT2D eigenvalue weighted by atomic mass is 31.2. The van der Waals surface area contributed by atoms with Gasteiger partial charge >= 0.3 is 0 Å². The third kappa shape index (κ3) is 3.42. The van der Waals surface area contributed by atoms with Crippen molar-refractivity contribution in [2.75, 3.05) is 39.2 Å². The van der Waals surface area contributed by atoms with Crippen LogP contribution in [-0.4, -0.2) is 44.1 Å². The molecular weight excluding hydrogens is 249 g/mol. The molecule has 0 saturated carbocycles. The second-order valence-corrected chi connectivity index (χ2v) is 6.70. The predicted molar refractivity (Wildman–Crippen MR) is 72.6 cm³/mol. The molecule has 2 rings (SSSR count). The van der Waals surface area contributed by atoms with Gasteiger partial charge in [-0.3, -0.25) is 9.46 Å². The van der Waals surface area contributed by atoms with E-state index < -0.39 is 7.37 Å². The quantitative estimate of drug-likeness (QED) is 0.765. The molecule has 18 heavy (non-hydrogen) atoms. The first-order valence-electron chi connectivity index (χ1n) is 6.34. The third-order valence-corrected chi connectivity index (χ3v) is 5.51. The van der Waals surface area contributed by atoms with E-state index in [1.807, 2.05) is 37.3 Å². The number of hydrogen-bond acceptors (Lipinski definition) is 4. The van der Waals surface area contributed by atoms with Gasteiger partial charge in [0.25, 0.3) is 0 Å². The smallest absolute Gasteiger partial charge is 0.245 e. The standard InChI is InChI=1S/C13H20NO3P/c1-2-17-18(15,13-6-4-3-5-7-13)12-14-8-10-16-11-9-14/h3-7H,2,8-12H2,1H3. The summed E-state index contributed by atoms with van der Waals surface area (Å²) in [4.78, 5) is 2.16. The zero-order valence-corrected chi connectivity index (χ0v) is 11.6. The number of ether oxygens (including phenoxy) is 1. The van der Waals surface area contributed by atoms with Crippen molar-refractivity contribution in [2.45, 2.75) is 6.92 Å². The molecule has 1 aromatic rings. The van der Waals surface area contributed by atoms with Gasteiger partial charge in [-0.25, -0.2) is 0 Å². The molecule has 0 radical (unpaired) electrons. The van der Waals surface area contributed by atoms with Gasteiger partial charge < -0.3 is 9.26 Å². The largest absolute Gasteiger partial charge is 0.379 e. The lowest BCUT2D eigenvalue weighted by molar-refractivity contribution is 0.0451. The van der Waals surface area contributed by atoms with Crippen LogP contribution in [0, 0.1) is 0 Å². The van der Waals surface area contributed by atoms with Gasteiger partial charge in [0.1, 0.15) is 0 Å². The van der Waals surface area contributed by atoms with E-state index in [1.165, 1.54) is 0 Å². The summed E-state index contributed by atoms with van der Waals surface area (Å²) in [6, 6.07) is 9.50. The van der Waals surface area contributed by atoms with E-state index in [0.29, 0.717) is 26.1 Å². The van der Waals surface area contributed by atoms with Crippen LogP contribution in [0.25, 0.3) is 0 Å². The van der Waals surface area contributed by atoms with Gasteiger partial charge in [-0.1, -0.05) is 18.2 Å². The minimum atomic E-state index is -2.77. The van der Waals surface area contributed by atoms with Crippen molar-refractivity contribution in [1.29, 1.82) is 0 Å². The van der Waals surface area contributed by atoms with Crippen molar-refractivity contribution >= 4 is 12.7 Å². The zero-order valence-electron chi connectivity index (χ0n) is 10.7. The maximum atomic E-state index is 13.0. The highest BCUT2D eigenvalue weighted by molar-refractivity contribution is 7.66. The summed E-state index contributed by atoms with van der Waals surface area (Å²) in [5.74, 6) is 0. The van der Waals surface area contributed by atoms with Crippen LogP contribution in [0.15, 0.2) is 30.3 Å². The summed E-state index contributed by atoms with van der Waals surface area (Å²) in [5.41, 5.74) is 0. The molecule has 0 aliphatic carbocycles. The van der Waals surface area contributed by atoms with Gasteiger partial charge in [0, 0.05) is 18.4 Å². The summed E-state index contributed by atoms with van der Waals surface area (Å²) in [5, 5.41) is 0.804. The van der Waals surface area contributed by atoms with Crippen LogP contribution in [0.1, 0.15) is 6.92 Å². The fourth-order valence-corrected chi connectivity index (χ4v) is 4.31. The number of nitrogens with zero attached hydrogens (tertiary/aromatic N) is 1. The minimum Gasteiger partial charge on any atom is -0.379 e. The summed E-state index contributed by atoms with van der Waals surface area (Å²) in [6.07, 6.45) is 0.480. The molecule has 4 nitrogen and oxygen atoms in total. The second-order valence-electron chi connectivity index (χ2n) is 4.30. The van der Waals surface area contributed by atoms with Crippen molar-refractivity contribution in [1.82, 2.24) is 4.90 Å². The van der Waals surface area contributed by atoms with E-state index in [9.17, 15) is 4.57 Å². The molecule has 0 bridgehead atoms. The molecule has 5 heteroatoms. The number of rotatable bonds is 5. The molecule has 1 heterocycles. The fraction of sp³-hybridized carbons (Fsp3) is 0.538. The summed E-state index contributed by atoms with van der Waals surface area (Å²) in [7, 11) is -2.77. The Labute approximate surface area is 108 Å². The first-order valence-corrected chi connectivity index (χ1v) is 8.15. The van der Waals surface area contributed by atoms with Crippen LogP contribution in [0.4, 0.5) is 0 Å². The van der Waals surface area contributed by atoms with Crippen LogP contribution >= 0.6 is 7.37 Å². The van der Waals surface area contributed by atoms with Crippen molar-refractivity contribution < 1.29 is 13.8 Å². The molecule has 0 N–H and O–H groups in total. The van der Waals surface area contributed by atoms with Crippen molar-refractivity contribution in [2.24, 2.45) is 0 Å². The van der Waals surface area contributed by atoms with Crippen LogP contribution in [-0.2, 0) is 13.8 Å². The summed E-state index contributed by atoms with van der Waals surface area (Å²) >= 11 is 0. The molecule has 100 valence electrons. The van der Waals surface area contributed by atoms with Crippen LogP contribution in [0.2, 0.25) is 0 Å². The molecule has 1 saturated heterocycles. The average Bonchev–Trinajstić information content (AvgIpc) is 2.41. The molecule has 0 amide bonds. The second kappa shape index (κ2) is 6.48. The van der Waals surface area contributed by atoms with Crippen molar-refractivity contribution in [3.63, 3.8) is 0 Å². The monoisotopic (exact) mass is 269 g/mol. The lowest BCUT2D eigenvalue weighted by atomic mass is 10.4. The lowest BCUT2D eigenvalue weighted by Crippen LogP contribution is -2.38. The Kier molecular flexibility index (Phi) is 4.95. The van der Waals surface area contributed by atoms with Crippen molar-refractivity contribution in [3.8, 4) is 0 Å². The normalized spacial score (nSPS) is 20.5. The van der Waals surface area contributed by atoms with Crippen LogP contribution in [0.3, 0.4) is 0 Å². The van der Waals surface area contributed by atoms with Gasteiger partial charge in [0.05, 0.1) is 26.1 Å². The fourth-order valence-electron chi connectivity index (χ4n) is 2.07. The molecule has 1 aliphatic rings. The maximum absolute atomic E-state index is 13.0. The Hall–Kier alpha value is -0.670. The summed E-state index contributed by atoms with van der Waals surface area (Å²) in [6.45, 7) is 5.42. The molecule has 0 spiro atoms. The predicted octanol–water partition coefficient (Wildman–Crippen LogP) is 1.92. The van der Waals surface area contributed by atoms with Crippen LogP contribution < -0.4 is 5.30 Å². The Balaban J connectivity index is 2.13. The number of morpholine rings is 1. The molecule has 0 aromatic heterocycles. The first-order chi connectivity index (χ1) is 8.74. The Morgan fingerprint density at radius 3 is 2.56 bits per heavy atom. The Morgan fingerprint density at radius 2 is 1.94 bits per heavy atom. The van der Waals surface area contributed by atoms with E-state index in [1.54, 1.807) is 0 Å². The molecule has 1 aliphatic heterocycles. The molecular formula is C13H20NO3P. The maximum Gasteiger partial charge on any atom is 0.245 e. The third-order valence-electron chi connectivity index (χ3n) is 2.98. The SMILES string of the molecule is CCOP(=O)(CN1CCOCC1)c1ccccc1. The van der Waals surface area contributed by atoms with E-state index in [-0.39, 0.29) is 0 Å². The van der Waals surface area contributed by atoms with Gasteiger partial charge in [-0.15, -0.1) is 0 Å². The average molecular weight is 269 g/mol. The number of benzene rings is 1. The van der Waals surface area contributed by atoms with Gasteiger partial charge in [0.2, 0.25) is 7.37 Å². The highest BCUT2D eigenvalue weighted by Gasteiger charge is 2.29. The van der Waals surface area contributed by atoms with Gasteiger partial charge in [-0.05, 0) is 19.1 Å². The molecule has 1 fully saturated rings. The molecule has 1 unspecified atom stereocenters. The van der Waals surface area contributed by atoms with E-state index in [2.05, 4.69) is 4.90 Å². The highest BCUT2D eigenvalue weighted by Crippen LogP contribution is 2.46. The van der Waals surface area contributed by atoms with E-state index >= 15 is 0 Å². The lowest BCUT2D eigenvalue weighted by Gasteiger charge is -2.30. The van der Waals surface area contributed by atoms with Crippen LogP contribution in [0.5, 0.6) is 0 Å². The summed E-state index contributed by atoms with van der Waals surface area (Å²) < 4.78 is 23.9. The number of hydrogen-bond donors (Lipinski definition) is 0. The minimum absolute atomic E-state index is 0.469. The van der Waals surface area contributed by atoms with E-state index in [0.717, 1.165) is 18.4 Å². The zero-order chi connectivity index (χ0) is 12.8. The Bertz CT molecular complexity index is 404. The topological polar surface area (TPSA) is 38.8 Å².